The number of hydrogen-bond acceptors (Lipinski definition) is 4. The van der Waals surface area contributed by atoms with E-state index in [-0.39, 0.29) is 22.6 Å². The van der Waals surface area contributed by atoms with Gasteiger partial charge in [0.15, 0.2) is 0 Å². The fourth-order valence-electron chi connectivity index (χ4n) is 2.51. The molecule has 0 unspecified atom stereocenters. The number of nitrogen functional groups attached to an aromatic ring is 1. The highest BCUT2D eigenvalue weighted by molar-refractivity contribution is 5.79. The standard InChI is InChI=1S/C17H11F4N5/c1-26-8-9(7-24-26)12-5-15(25-16(23)13(12)6-22)11-3-2-10(4-14(11)18)17(19,20)21/h2-5,7-8H,1H3,(H2,23,25). The second-order valence-electron chi connectivity index (χ2n) is 5.52. The molecular formula is C17H11F4N5. The van der Waals surface area contributed by atoms with Gasteiger partial charge in [0.2, 0.25) is 0 Å². The Morgan fingerprint density at radius 1 is 1.19 bits per heavy atom. The van der Waals surface area contributed by atoms with Crippen molar-refractivity contribution in [2.45, 2.75) is 6.18 Å². The number of benzene rings is 1. The van der Waals surface area contributed by atoms with Gasteiger partial charge in [-0.15, -0.1) is 0 Å². The molecule has 0 aliphatic carbocycles. The molecule has 5 nitrogen and oxygen atoms in total. The Morgan fingerprint density at radius 2 is 1.92 bits per heavy atom. The number of rotatable bonds is 2. The average Bonchev–Trinajstić information content (AvgIpc) is 2.99. The second-order valence-corrected chi connectivity index (χ2v) is 5.52. The zero-order valence-corrected chi connectivity index (χ0v) is 13.3. The summed E-state index contributed by atoms with van der Waals surface area (Å²) in [6.45, 7) is 0. The molecule has 0 radical (unpaired) electrons. The minimum absolute atomic E-state index is 0.0200. The summed E-state index contributed by atoms with van der Waals surface area (Å²) in [7, 11) is 1.68. The van der Waals surface area contributed by atoms with Crippen molar-refractivity contribution in [1.82, 2.24) is 14.8 Å². The third kappa shape index (κ3) is 3.09. The topological polar surface area (TPSA) is 80.5 Å². The van der Waals surface area contributed by atoms with Gasteiger partial charge in [-0.05, 0) is 24.3 Å². The molecule has 0 amide bonds. The zero-order valence-electron chi connectivity index (χ0n) is 13.3. The van der Waals surface area contributed by atoms with Crippen molar-refractivity contribution in [2.24, 2.45) is 7.05 Å². The molecule has 0 saturated heterocycles. The highest BCUT2D eigenvalue weighted by atomic mass is 19.4. The molecule has 0 bridgehead atoms. The van der Waals surface area contributed by atoms with E-state index in [9.17, 15) is 22.8 Å². The van der Waals surface area contributed by atoms with Gasteiger partial charge in [-0.3, -0.25) is 4.68 Å². The van der Waals surface area contributed by atoms with Crippen molar-refractivity contribution in [2.75, 3.05) is 5.73 Å². The van der Waals surface area contributed by atoms with Crippen molar-refractivity contribution < 1.29 is 17.6 Å². The molecule has 3 aromatic rings. The number of pyridine rings is 1. The minimum atomic E-state index is -4.66. The molecule has 0 aliphatic heterocycles. The van der Waals surface area contributed by atoms with E-state index < -0.39 is 17.6 Å². The van der Waals surface area contributed by atoms with E-state index in [0.29, 0.717) is 17.2 Å². The van der Waals surface area contributed by atoms with Crippen molar-refractivity contribution >= 4 is 5.82 Å². The van der Waals surface area contributed by atoms with E-state index in [0.717, 1.165) is 12.1 Å². The molecule has 2 heterocycles. The maximum absolute atomic E-state index is 14.3. The Balaban J connectivity index is 2.18. The van der Waals surface area contributed by atoms with Crippen LogP contribution >= 0.6 is 0 Å². The molecule has 26 heavy (non-hydrogen) atoms. The smallest absolute Gasteiger partial charge is 0.383 e. The lowest BCUT2D eigenvalue weighted by atomic mass is 10.00. The lowest BCUT2D eigenvalue weighted by Crippen LogP contribution is -2.06. The van der Waals surface area contributed by atoms with Crippen LogP contribution in [0.3, 0.4) is 0 Å². The first-order valence-corrected chi connectivity index (χ1v) is 7.27. The Morgan fingerprint density at radius 3 is 2.46 bits per heavy atom. The predicted octanol–water partition coefficient (Wildman–Crippen LogP) is 3.76. The van der Waals surface area contributed by atoms with Crippen LogP contribution in [0, 0.1) is 17.1 Å². The molecule has 0 fully saturated rings. The highest BCUT2D eigenvalue weighted by Crippen LogP contribution is 2.35. The van der Waals surface area contributed by atoms with Gasteiger partial charge in [0, 0.05) is 29.9 Å². The minimum Gasteiger partial charge on any atom is -0.383 e. The maximum Gasteiger partial charge on any atom is 0.416 e. The summed E-state index contributed by atoms with van der Waals surface area (Å²) in [4.78, 5) is 3.97. The van der Waals surface area contributed by atoms with Crippen molar-refractivity contribution in [1.29, 1.82) is 5.26 Å². The van der Waals surface area contributed by atoms with Crippen LogP contribution in [0.4, 0.5) is 23.4 Å². The van der Waals surface area contributed by atoms with E-state index >= 15 is 0 Å². The number of halogens is 4. The second kappa shape index (κ2) is 6.15. The third-order valence-corrected chi connectivity index (χ3v) is 3.75. The van der Waals surface area contributed by atoms with Gasteiger partial charge in [0.05, 0.1) is 17.5 Å². The molecule has 9 heteroatoms. The monoisotopic (exact) mass is 361 g/mol. The van der Waals surface area contributed by atoms with Gasteiger partial charge in [-0.25, -0.2) is 9.37 Å². The summed E-state index contributed by atoms with van der Waals surface area (Å²) in [5.74, 6) is -1.24. The Hall–Kier alpha value is -3.41. The highest BCUT2D eigenvalue weighted by Gasteiger charge is 2.31. The summed E-state index contributed by atoms with van der Waals surface area (Å²) >= 11 is 0. The van der Waals surface area contributed by atoms with Crippen LogP contribution in [-0.4, -0.2) is 14.8 Å². The average molecular weight is 361 g/mol. The number of nitrogens with two attached hydrogens (primary N) is 1. The number of nitrogens with zero attached hydrogens (tertiary/aromatic N) is 4. The fourth-order valence-corrected chi connectivity index (χ4v) is 2.51. The van der Waals surface area contributed by atoms with Crippen LogP contribution in [0.25, 0.3) is 22.4 Å². The SMILES string of the molecule is Cn1cc(-c2cc(-c3ccc(C(F)(F)F)cc3F)nc(N)c2C#N)cn1. The molecule has 1 aromatic carbocycles. The molecular weight excluding hydrogens is 350 g/mol. The van der Waals surface area contributed by atoms with E-state index in [1.54, 1.807) is 13.2 Å². The molecule has 2 aromatic heterocycles. The first kappa shape index (κ1) is 17.4. The first-order valence-electron chi connectivity index (χ1n) is 7.27. The zero-order chi connectivity index (χ0) is 19.1. The number of nitriles is 1. The van der Waals surface area contributed by atoms with Crippen LogP contribution in [0.2, 0.25) is 0 Å². The van der Waals surface area contributed by atoms with E-state index in [4.69, 9.17) is 5.73 Å². The number of alkyl halides is 3. The summed E-state index contributed by atoms with van der Waals surface area (Å²) in [6, 6.07) is 5.47. The number of aromatic nitrogens is 3. The Labute approximate surface area is 145 Å². The van der Waals surface area contributed by atoms with E-state index in [1.807, 2.05) is 6.07 Å². The quantitative estimate of drug-likeness (QED) is 0.705. The molecule has 3 rings (SSSR count). The molecule has 0 saturated carbocycles. The number of anilines is 1. The lowest BCUT2D eigenvalue weighted by molar-refractivity contribution is -0.137. The predicted molar refractivity (Wildman–Crippen MR) is 86.0 cm³/mol. The Kier molecular flexibility index (Phi) is 4.12. The maximum atomic E-state index is 14.3. The molecule has 0 aliphatic rings. The van der Waals surface area contributed by atoms with Crippen molar-refractivity contribution in [3.8, 4) is 28.5 Å². The first-order chi connectivity index (χ1) is 12.2. The number of aryl methyl sites for hydroxylation is 1. The molecule has 132 valence electrons. The van der Waals surface area contributed by atoms with Gasteiger partial charge >= 0.3 is 6.18 Å². The van der Waals surface area contributed by atoms with Gasteiger partial charge in [0.25, 0.3) is 0 Å². The number of hydrogen-bond donors (Lipinski definition) is 1. The molecule has 0 atom stereocenters. The summed E-state index contributed by atoms with van der Waals surface area (Å²) in [5, 5.41) is 13.3. The van der Waals surface area contributed by atoms with Gasteiger partial charge in [-0.2, -0.15) is 23.5 Å². The van der Waals surface area contributed by atoms with Crippen LogP contribution in [0.1, 0.15) is 11.1 Å². The van der Waals surface area contributed by atoms with Crippen molar-refractivity contribution in [3.63, 3.8) is 0 Å². The van der Waals surface area contributed by atoms with E-state index in [1.165, 1.54) is 16.9 Å². The largest absolute Gasteiger partial charge is 0.416 e. The third-order valence-electron chi connectivity index (χ3n) is 3.75. The summed E-state index contributed by atoms with van der Waals surface area (Å²) < 4.78 is 53.9. The van der Waals surface area contributed by atoms with E-state index in [2.05, 4.69) is 10.1 Å². The van der Waals surface area contributed by atoms with Crippen LogP contribution in [0.5, 0.6) is 0 Å². The summed E-state index contributed by atoms with van der Waals surface area (Å²) in [5.41, 5.74) is 5.55. The fraction of sp³-hybridized carbons (Fsp3) is 0.118. The Bertz CT molecular complexity index is 1030. The lowest BCUT2D eigenvalue weighted by Gasteiger charge is -2.11. The van der Waals surface area contributed by atoms with Crippen LogP contribution in [0.15, 0.2) is 36.7 Å². The summed E-state index contributed by atoms with van der Waals surface area (Å²) in [6.07, 6.45) is -1.54. The normalized spacial score (nSPS) is 11.4. The molecule has 0 spiro atoms. The van der Waals surface area contributed by atoms with Crippen molar-refractivity contribution in [3.05, 3.63) is 53.6 Å². The van der Waals surface area contributed by atoms with Gasteiger partial charge in [0.1, 0.15) is 23.3 Å². The van der Waals surface area contributed by atoms with Gasteiger partial charge in [-0.1, -0.05) is 0 Å². The van der Waals surface area contributed by atoms with Gasteiger partial charge < -0.3 is 5.73 Å². The van der Waals surface area contributed by atoms with Crippen LogP contribution in [-0.2, 0) is 13.2 Å². The van der Waals surface area contributed by atoms with Crippen LogP contribution < -0.4 is 5.73 Å². The molecule has 2 N–H and O–H groups in total.